The number of phenolic OH excluding ortho intramolecular Hbond substituents is 1. The van der Waals surface area contributed by atoms with Crippen molar-refractivity contribution in [2.75, 3.05) is 10.7 Å². The number of aromatic nitrogens is 3. The molecule has 1 aliphatic rings. The molecule has 1 amide bonds. The molecule has 2 N–H and O–H groups in total. The number of hydrogen-bond acceptors (Lipinski definition) is 5. The molecule has 1 atom stereocenters. The number of aromatic hydroxyl groups is 1. The normalized spacial score (nSPS) is 18.3. The highest BCUT2D eigenvalue weighted by Crippen LogP contribution is 2.42. The third kappa shape index (κ3) is 2.01. The third-order valence-corrected chi connectivity index (χ3v) is 4.80. The SMILES string of the molecule is O=C1CS[C@H](c2ccc(O)cc2)N1c1n[nH]c2ncccc12. The number of phenols is 1. The number of nitrogens with one attached hydrogen (secondary N) is 1. The Morgan fingerprint density at radius 2 is 2.09 bits per heavy atom. The minimum Gasteiger partial charge on any atom is -0.508 e. The molecule has 0 saturated carbocycles. The predicted octanol–water partition coefficient (Wildman–Crippen LogP) is 2.44. The summed E-state index contributed by atoms with van der Waals surface area (Å²) in [5.74, 6) is 1.22. The molecule has 22 heavy (non-hydrogen) atoms. The fraction of sp³-hybridized carbons (Fsp3) is 0.133. The Balaban J connectivity index is 1.80. The van der Waals surface area contributed by atoms with Gasteiger partial charge in [0, 0.05) is 6.20 Å². The van der Waals surface area contributed by atoms with E-state index in [-0.39, 0.29) is 17.0 Å². The van der Waals surface area contributed by atoms with Gasteiger partial charge in [-0.25, -0.2) is 4.98 Å². The standard InChI is InChI=1S/C15H12N4O2S/c20-10-5-3-9(4-6-10)15-19(12(21)8-22-15)14-11-2-1-7-16-13(11)17-18-14/h1-7,15,20H,8H2,(H,16,17,18)/t15-/m1/s1. The van der Waals surface area contributed by atoms with Crippen LogP contribution in [0.4, 0.5) is 5.82 Å². The Bertz CT molecular complexity index is 846. The number of H-pyrrole nitrogens is 1. The van der Waals surface area contributed by atoms with Crippen LogP contribution in [0.1, 0.15) is 10.9 Å². The molecule has 1 fully saturated rings. The first-order chi connectivity index (χ1) is 10.7. The zero-order valence-electron chi connectivity index (χ0n) is 11.4. The summed E-state index contributed by atoms with van der Waals surface area (Å²) in [5, 5.41) is 17.2. The van der Waals surface area contributed by atoms with E-state index in [0.717, 1.165) is 10.9 Å². The first kappa shape index (κ1) is 13.1. The monoisotopic (exact) mass is 312 g/mol. The first-order valence-electron chi connectivity index (χ1n) is 6.76. The zero-order chi connectivity index (χ0) is 15.1. The van der Waals surface area contributed by atoms with E-state index in [1.165, 1.54) is 0 Å². The summed E-state index contributed by atoms with van der Waals surface area (Å²) in [5.41, 5.74) is 1.61. The van der Waals surface area contributed by atoms with Gasteiger partial charge in [0.15, 0.2) is 11.5 Å². The minimum absolute atomic E-state index is 0.0142. The average Bonchev–Trinajstić information content (AvgIpc) is 3.11. The number of rotatable bonds is 2. The Hall–Kier alpha value is -2.54. The first-order valence-corrected chi connectivity index (χ1v) is 7.80. The molecule has 2 aromatic heterocycles. The molecule has 3 heterocycles. The van der Waals surface area contributed by atoms with E-state index >= 15 is 0 Å². The van der Waals surface area contributed by atoms with Crippen molar-refractivity contribution in [3.05, 3.63) is 48.2 Å². The number of pyridine rings is 1. The molecule has 3 aromatic rings. The lowest BCUT2D eigenvalue weighted by molar-refractivity contribution is -0.115. The van der Waals surface area contributed by atoms with E-state index in [4.69, 9.17) is 0 Å². The minimum atomic E-state index is -0.153. The van der Waals surface area contributed by atoms with Crippen LogP contribution in [0.3, 0.4) is 0 Å². The fourth-order valence-electron chi connectivity index (χ4n) is 2.56. The Morgan fingerprint density at radius 3 is 2.91 bits per heavy atom. The van der Waals surface area contributed by atoms with Crippen LogP contribution >= 0.6 is 11.8 Å². The average molecular weight is 312 g/mol. The maximum Gasteiger partial charge on any atom is 0.239 e. The van der Waals surface area contributed by atoms with Gasteiger partial charge in [-0.3, -0.25) is 14.8 Å². The number of carbonyl (C=O) groups is 1. The topological polar surface area (TPSA) is 82.1 Å². The molecule has 1 saturated heterocycles. The Kier molecular flexibility index (Phi) is 3.00. The number of amides is 1. The lowest BCUT2D eigenvalue weighted by atomic mass is 10.2. The number of nitrogens with zero attached hydrogens (tertiary/aromatic N) is 3. The Labute approximate surface area is 130 Å². The van der Waals surface area contributed by atoms with Crippen LogP contribution < -0.4 is 4.90 Å². The number of carbonyl (C=O) groups excluding carboxylic acids is 1. The van der Waals surface area contributed by atoms with E-state index in [0.29, 0.717) is 17.2 Å². The van der Waals surface area contributed by atoms with Crippen molar-refractivity contribution in [3.63, 3.8) is 0 Å². The molecule has 0 radical (unpaired) electrons. The molecule has 0 bridgehead atoms. The summed E-state index contributed by atoms with van der Waals surface area (Å²) < 4.78 is 0. The number of anilines is 1. The molecule has 6 nitrogen and oxygen atoms in total. The van der Waals surface area contributed by atoms with E-state index in [1.807, 2.05) is 24.3 Å². The summed E-state index contributed by atoms with van der Waals surface area (Å²) in [7, 11) is 0. The Morgan fingerprint density at radius 1 is 1.27 bits per heavy atom. The number of hydrogen-bond donors (Lipinski definition) is 2. The highest BCUT2D eigenvalue weighted by molar-refractivity contribution is 8.00. The highest BCUT2D eigenvalue weighted by Gasteiger charge is 2.36. The van der Waals surface area contributed by atoms with E-state index in [1.54, 1.807) is 35.0 Å². The van der Waals surface area contributed by atoms with Gasteiger partial charge in [0.05, 0.1) is 11.1 Å². The van der Waals surface area contributed by atoms with Crippen LogP contribution in [0, 0.1) is 0 Å². The molecular weight excluding hydrogens is 300 g/mol. The number of aromatic amines is 1. The summed E-state index contributed by atoms with van der Waals surface area (Å²) in [4.78, 5) is 18.3. The summed E-state index contributed by atoms with van der Waals surface area (Å²) in [6.45, 7) is 0. The van der Waals surface area contributed by atoms with E-state index in [9.17, 15) is 9.90 Å². The summed E-state index contributed by atoms with van der Waals surface area (Å²) >= 11 is 1.54. The largest absolute Gasteiger partial charge is 0.508 e. The second-order valence-electron chi connectivity index (χ2n) is 4.97. The summed E-state index contributed by atoms with van der Waals surface area (Å²) in [6.07, 6.45) is 1.68. The lowest BCUT2D eigenvalue weighted by Crippen LogP contribution is -2.28. The smallest absolute Gasteiger partial charge is 0.239 e. The number of thioether (sulfide) groups is 1. The van der Waals surface area contributed by atoms with Crippen molar-refractivity contribution < 1.29 is 9.90 Å². The number of fused-ring (bicyclic) bond motifs is 1. The molecule has 7 heteroatoms. The quantitative estimate of drug-likeness (QED) is 0.759. The van der Waals surface area contributed by atoms with Gasteiger partial charge in [-0.05, 0) is 29.8 Å². The van der Waals surface area contributed by atoms with Gasteiger partial charge < -0.3 is 5.11 Å². The lowest BCUT2D eigenvalue weighted by Gasteiger charge is -2.22. The molecule has 1 aromatic carbocycles. The predicted molar refractivity (Wildman–Crippen MR) is 84.7 cm³/mol. The van der Waals surface area contributed by atoms with Crippen molar-refractivity contribution in [3.8, 4) is 5.75 Å². The van der Waals surface area contributed by atoms with E-state index < -0.39 is 0 Å². The molecule has 0 unspecified atom stereocenters. The van der Waals surface area contributed by atoms with Gasteiger partial charge in [-0.2, -0.15) is 5.10 Å². The van der Waals surface area contributed by atoms with Crippen molar-refractivity contribution in [2.24, 2.45) is 0 Å². The molecule has 0 aliphatic carbocycles. The maximum atomic E-state index is 12.3. The van der Waals surface area contributed by atoms with Crippen LogP contribution in [0.25, 0.3) is 11.0 Å². The molecule has 4 rings (SSSR count). The molecule has 0 spiro atoms. The van der Waals surface area contributed by atoms with Crippen molar-refractivity contribution >= 4 is 34.5 Å². The van der Waals surface area contributed by atoms with Crippen LogP contribution in [0.2, 0.25) is 0 Å². The van der Waals surface area contributed by atoms with E-state index in [2.05, 4.69) is 15.2 Å². The van der Waals surface area contributed by atoms with Gasteiger partial charge in [0.2, 0.25) is 5.91 Å². The molecular formula is C15H12N4O2S. The van der Waals surface area contributed by atoms with Crippen LogP contribution in [0.15, 0.2) is 42.6 Å². The van der Waals surface area contributed by atoms with Gasteiger partial charge in [-0.15, -0.1) is 11.8 Å². The molecule has 110 valence electrons. The van der Waals surface area contributed by atoms with Gasteiger partial charge in [-0.1, -0.05) is 12.1 Å². The number of benzene rings is 1. The van der Waals surface area contributed by atoms with Crippen molar-refractivity contribution in [1.82, 2.24) is 15.2 Å². The zero-order valence-corrected chi connectivity index (χ0v) is 12.2. The van der Waals surface area contributed by atoms with Crippen LogP contribution in [0.5, 0.6) is 5.75 Å². The van der Waals surface area contributed by atoms with Gasteiger partial charge in [0.25, 0.3) is 0 Å². The highest BCUT2D eigenvalue weighted by atomic mass is 32.2. The van der Waals surface area contributed by atoms with Crippen molar-refractivity contribution in [1.29, 1.82) is 0 Å². The fourth-order valence-corrected chi connectivity index (χ4v) is 3.72. The third-order valence-electron chi connectivity index (χ3n) is 3.59. The summed E-state index contributed by atoms with van der Waals surface area (Å²) in [6, 6.07) is 10.6. The van der Waals surface area contributed by atoms with Crippen LogP contribution in [-0.2, 0) is 4.79 Å². The van der Waals surface area contributed by atoms with Gasteiger partial charge in [0.1, 0.15) is 11.1 Å². The van der Waals surface area contributed by atoms with Crippen molar-refractivity contribution in [2.45, 2.75) is 5.37 Å². The van der Waals surface area contributed by atoms with Crippen LogP contribution in [-0.4, -0.2) is 31.9 Å². The second kappa shape index (κ2) is 5.03. The molecule has 1 aliphatic heterocycles. The van der Waals surface area contributed by atoms with Gasteiger partial charge >= 0.3 is 0 Å². The maximum absolute atomic E-state index is 12.3. The second-order valence-corrected chi connectivity index (χ2v) is 6.03.